The molecule has 2 aromatic carbocycles. The van der Waals surface area contributed by atoms with Gasteiger partial charge in [-0.15, -0.1) is 0 Å². The van der Waals surface area contributed by atoms with Crippen LogP contribution in [0.15, 0.2) is 60.7 Å². The van der Waals surface area contributed by atoms with Crippen LogP contribution in [0.3, 0.4) is 0 Å². The van der Waals surface area contributed by atoms with Gasteiger partial charge in [0, 0.05) is 11.3 Å². The van der Waals surface area contributed by atoms with Crippen LogP contribution in [0, 0.1) is 40.4 Å². The second-order valence-electron chi connectivity index (χ2n) is 13.4. The van der Waals surface area contributed by atoms with E-state index in [2.05, 4.69) is 13.8 Å². The maximum atomic E-state index is 13.3. The average Bonchev–Trinajstić information content (AvgIpc) is 3.33. The Balaban J connectivity index is 1.24. The van der Waals surface area contributed by atoms with Crippen molar-refractivity contribution in [2.24, 2.45) is 40.4 Å². The molecule has 0 N–H and O–H groups in total. The Labute approximate surface area is 238 Å². The van der Waals surface area contributed by atoms with E-state index in [-0.39, 0.29) is 46.7 Å². The molecule has 6 rings (SSSR count). The highest BCUT2D eigenvalue weighted by Gasteiger charge is 2.65. The summed E-state index contributed by atoms with van der Waals surface area (Å²) in [6, 6.07) is 18.5. The Hall–Kier alpha value is -2.95. The summed E-state index contributed by atoms with van der Waals surface area (Å²) in [6.45, 7) is 6.40. The number of carbonyl (C=O) groups excluding carboxylic acids is 3. The molecule has 4 aliphatic carbocycles. The SMILES string of the molecule is CC(=O)[C@@H]1CC[C@@H]2[C@H]3CC[C@H]4C[C@@H](OC(=O)c5ccccc5)CC[C@]4(C)[C@@H]3C[C@@H](OC(=O)c3ccccc3)[C@@]21C. The number of Topliss-reactive ketones (excluding diaryl/α,β-unsaturated/α-hetero) is 1. The Bertz CT molecular complexity index is 1260. The van der Waals surface area contributed by atoms with E-state index in [1.165, 1.54) is 0 Å². The Morgan fingerprint density at radius 3 is 1.98 bits per heavy atom. The van der Waals surface area contributed by atoms with E-state index >= 15 is 0 Å². The van der Waals surface area contributed by atoms with Crippen molar-refractivity contribution in [3.05, 3.63) is 71.8 Å². The molecule has 0 bridgehead atoms. The van der Waals surface area contributed by atoms with Crippen molar-refractivity contribution in [2.75, 3.05) is 0 Å². The molecule has 0 radical (unpaired) electrons. The van der Waals surface area contributed by atoms with Crippen LogP contribution in [-0.4, -0.2) is 29.9 Å². The summed E-state index contributed by atoms with van der Waals surface area (Å²) in [4.78, 5) is 39.0. The van der Waals surface area contributed by atoms with Crippen molar-refractivity contribution in [1.29, 1.82) is 0 Å². The van der Waals surface area contributed by atoms with E-state index in [0.29, 0.717) is 34.8 Å². The van der Waals surface area contributed by atoms with Gasteiger partial charge in [0.2, 0.25) is 0 Å². The van der Waals surface area contributed by atoms with Gasteiger partial charge in [0.05, 0.1) is 11.1 Å². The van der Waals surface area contributed by atoms with Crippen molar-refractivity contribution in [2.45, 2.75) is 84.3 Å². The van der Waals surface area contributed by atoms with Crippen LogP contribution in [0.4, 0.5) is 0 Å². The summed E-state index contributed by atoms with van der Waals surface area (Å²) in [7, 11) is 0. The Kier molecular flexibility index (Phi) is 7.13. The maximum Gasteiger partial charge on any atom is 0.338 e. The third kappa shape index (κ3) is 4.50. The topological polar surface area (TPSA) is 69.7 Å². The Morgan fingerprint density at radius 1 is 0.725 bits per heavy atom. The van der Waals surface area contributed by atoms with Gasteiger partial charge in [-0.25, -0.2) is 9.59 Å². The highest BCUT2D eigenvalue weighted by atomic mass is 16.5. The second-order valence-corrected chi connectivity index (χ2v) is 13.4. The molecular weight excluding hydrogens is 500 g/mol. The summed E-state index contributed by atoms with van der Waals surface area (Å²) in [5, 5.41) is 0. The molecule has 0 spiro atoms. The third-order valence-electron chi connectivity index (χ3n) is 11.7. The van der Waals surface area contributed by atoms with Crippen LogP contribution in [-0.2, 0) is 14.3 Å². The number of ketones is 1. The molecule has 0 saturated heterocycles. The van der Waals surface area contributed by atoms with E-state index in [1.807, 2.05) is 48.5 Å². The standard InChI is InChI=1S/C35H42O5/c1-22(36)28-16-17-29-27-15-14-25-20-26(39-32(37)23-10-6-4-7-11-23)18-19-34(25,2)30(27)21-31(35(28,29)3)40-33(38)24-12-8-5-9-13-24/h4-13,25-31H,14-21H2,1-3H3/t25-,26-,27+,28-,29+,30+,31+,34-,35+/m0/s1. The minimum Gasteiger partial charge on any atom is -0.459 e. The molecule has 5 heteroatoms. The minimum atomic E-state index is -0.330. The normalized spacial score (nSPS) is 38.3. The molecule has 0 unspecified atom stereocenters. The van der Waals surface area contributed by atoms with Crippen molar-refractivity contribution < 1.29 is 23.9 Å². The van der Waals surface area contributed by atoms with E-state index < -0.39 is 0 Å². The number of hydrogen-bond donors (Lipinski definition) is 0. The molecule has 0 amide bonds. The lowest BCUT2D eigenvalue weighted by Crippen LogP contribution is -2.59. The molecular formula is C35H42O5. The fourth-order valence-electron chi connectivity index (χ4n) is 9.66. The molecule has 9 atom stereocenters. The van der Waals surface area contributed by atoms with Crippen LogP contribution in [0.5, 0.6) is 0 Å². The second kappa shape index (κ2) is 10.5. The molecule has 40 heavy (non-hydrogen) atoms. The molecule has 0 aromatic heterocycles. The highest BCUT2D eigenvalue weighted by molar-refractivity contribution is 5.90. The largest absolute Gasteiger partial charge is 0.459 e. The van der Waals surface area contributed by atoms with Gasteiger partial charge in [0.15, 0.2) is 0 Å². The fourth-order valence-corrected chi connectivity index (χ4v) is 9.66. The first-order valence-electron chi connectivity index (χ1n) is 15.2. The van der Waals surface area contributed by atoms with Gasteiger partial charge in [-0.2, -0.15) is 0 Å². The molecule has 4 aliphatic rings. The average molecular weight is 543 g/mol. The van der Waals surface area contributed by atoms with Crippen molar-refractivity contribution in [1.82, 2.24) is 0 Å². The van der Waals surface area contributed by atoms with E-state index in [0.717, 1.165) is 51.4 Å². The highest BCUT2D eigenvalue weighted by Crippen LogP contribution is 2.68. The zero-order chi connectivity index (χ0) is 28.1. The lowest BCUT2D eigenvalue weighted by Gasteiger charge is -2.62. The monoisotopic (exact) mass is 542 g/mol. The van der Waals surface area contributed by atoms with E-state index in [9.17, 15) is 14.4 Å². The van der Waals surface area contributed by atoms with Crippen molar-refractivity contribution in [3.8, 4) is 0 Å². The molecule has 0 aliphatic heterocycles. The van der Waals surface area contributed by atoms with Gasteiger partial charge in [-0.3, -0.25) is 4.79 Å². The van der Waals surface area contributed by atoms with Gasteiger partial charge in [-0.05, 0) is 112 Å². The minimum absolute atomic E-state index is 0.0588. The number of esters is 2. The van der Waals surface area contributed by atoms with Crippen LogP contribution in [0.1, 0.15) is 92.9 Å². The van der Waals surface area contributed by atoms with Crippen LogP contribution < -0.4 is 0 Å². The van der Waals surface area contributed by atoms with Gasteiger partial charge in [0.1, 0.15) is 18.0 Å². The smallest absolute Gasteiger partial charge is 0.338 e. The maximum absolute atomic E-state index is 13.3. The summed E-state index contributed by atoms with van der Waals surface area (Å²) < 4.78 is 12.4. The van der Waals surface area contributed by atoms with Crippen molar-refractivity contribution >= 4 is 17.7 Å². The van der Waals surface area contributed by atoms with Gasteiger partial charge >= 0.3 is 11.9 Å². The third-order valence-corrected chi connectivity index (χ3v) is 11.7. The van der Waals surface area contributed by atoms with Crippen LogP contribution in [0.2, 0.25) is 0 Å². The number of benzene rings is 2. The number of carbonyl (C=O) groups is 3. The molecule has 2 aromatic rings. The fraction of sp³-hybridized carbons (Fsp3) is 0.571. The first kappa shape index (κ1) is 27.2. The number of hydrogen-bond acceptors (Lipinski definition) is 5. The predicted molar refractivity (Wildman–Crippen MR) is 153 cm³/mol. The van der Waals surface area contributed by atoms with Crippen LogP contribution in [0.25, 0.3) is 0 Å². The summed E-state index contributed by atoms with van der Waals surface area (Å²) >= 11 is 0. The zero-order valence-corrected chi connectivity index (χ0v) is 24.0. The Morgan fingerprint density at radius 2 is 1.35 bits per heavy atom. The molecule has 5 nitrogen and oxygen atoms in total. The lowest BCUT2D eigenvalue weighted by molar-refractivity contribution is -0.175. The van der Waals surface area contributed by atoms with Gasteiger partial charge in [-0.1, -0.05) is 50.2 Å². The van der Waals surface area contributed by atoms with Gasteiger partial charge < -0.3 is 9.47 Å². The van der Waals surface area contributed by atoms with E-state index in [4.69, 9.17) is 9.47 Å². The van der Waals surface area contributed by atoms with E-state index in [1.54, 1.807) is 19.1 Å². The molecule has 0 heterocycles. The molecule has 4 saturated carbocycles. The van der Waals surface area contributed by atoms with Crippen molar-refractivity contribution in [3.63, 3.8) is 0 Å². The predicted octanol–water partition coefficient (Wildman–Crippen LogP) is 7.30. The quantitative estimate of drug-likeness (QED) is 0.371. The number of ether oxygens (including phenoxy) is 2. The summed E-state index contributed by atoms with van der Waals surface area (Å²) in [5.41, 5.74) is 0.945. The first-order valence-corrected chi connectivity index (χ1v) is 15.2. The number of fused-ring (bicyclic) bond motifs is 5. The first-order chi connectivity index (χ1) is 19.2. The zero-order valence-electron chi connectivity index (χ0n) is 24.0. The summed E-state index contributed by atoms with van der Waals surface area (Å²) in [5.74, 6) is 1.45. The van der Waals surface area contributed by atoms with Crippen LogP contribution >= 0.6 is 0 Å². The van der Waals surface area contributed by atoms with Gasteiger partial charge in [0.25, 0.3) is 0 Å². The lowest BCUT2D eigenvalue weighted by atomic mass is 9.44. The number of rotatable bonds is 5. The molecule has 4 fully saturated rings. The molecule has 212 valence electrons. The summed E-state index contributed by atoms with van der Waals surface area (Å²) in [6.07, 6.45) is 7.40.